The second-order valence-electron chi connectivity index (χ2n) is 2.66. The van der Waals surface area contributed by atoms with E-state index < -0.39 is 0 Å². The van der Waals surface area contributed by atoms with Crippen LogP contribution >= 0.6 is 0 Å². The summed E-state index contributed by atoms with van der Waals surface area (Å²) in [4.78, 5) is 4.14. The normalized spacial score (nSPS) is 20.8. The molecule has 0 radical (unpaired) electrons. The Morgan fingerprint density at radius 3 is 3.17 bits per heavy atom. The first kappa shape index (κ1) is 7.27. The lowest BCUT2D eigenvalue weighted by atomic mass is 10.2. The van der Waals surface area contributed by atoms with Crippen LogP contribution in [0.3, 0.4) is 0 Å². The van der Waals surface area contributed by atoms with Gasteiger partial charge in [0, 0.05) is 6.20 Å². The molecule has 0 spiro atoms. The van der Waals surface area contributed by atoms with Gasteiger partial charge in [0.1, 0.15) is 6.17 Å². The maximum atomic E-state index is 5.71. The summed E-state index contributed by atoms with van der Waals surface area (Å²) < 4.78 is 0. The van der Waals surface area contributed by atoms with Gasteiger partial charge in [-0.3, -0.25) is 9.99 Å². The van der Waals surface area contributed by atoms with E-state index in [2.05, 4.69) is 4.98 Å². The summed E-state index contributed by atoms with van der Waals surface area (Å²) in [5, 5.41) is 1.50. The van der Waals surface area contributed by atoms with Crippen molar-refractivity contribution in [3.63, 3.8) is 0 Å². The molecule has 4 nitrogen and oxygen atoms in total. The number of nitrogens with zero attached hydrogens (tertiary/aromatic N) is 2. The van der Waals surface area contributed by atoms with Crippen LogP contribution in [0, 0.1) is 0 Å². The number of hydrogen-bond acceptors (Lipinski definition) is 4. The standard InChI is InChI=1S/C8H10N4/c9-8-4-3-6-7(12(8)10)2-1-5-11-6/h1-5,8H,9-10H2. The van der Waals surface area contributed by atoms with Gasteiger partial charge in [-0.05, 0) is 24.3 Å². The SMILES string of the molecule is NC1C=Cc2ncccc2N1N. The molecule has 2 heterocycles. The van der Waals surface area contributed by atoms with Crippen LogP contribution in [0.25, 0.3) is 6.08 Å². The van der Waals surface area contributed by atoms with Crippen LogP contribution < -0.4 is 16.6 Å². The smallest absolute Gasteiger partial charge is 0.111 e. The molecule has 1 aromatic heterocycles. The second kappa shape index (κ2) is 2.58. The van der Waals surface area contributed by atoms with Crippen LogP contribution in [0.2, 0.25) is 0 Å². The Morgan fingerprint density at radius 1 is 1.50 bits per heavy atom. The van der Waals surface area contributed by atoms with E-state index in [-0.39, 0.29) is 6.17 Å². The van der Waals surface area contributed by atoms with E-state index in [1.54, 1.807) is 6.20 Å². The summed E-state index contributed by atoms with van der Waals surface area (Å²) >= 11 is 0. The largest absolute Gasteiger partial charge is 0.307 e. The predicted octanol–water partition coefficient (Wildman–Crippen LogP) is 0.0733. The van der Waals surface area contributed by atoms with Crippen molar-refractivity contribution < 1.29 is 0 Å². The Morgan fingerprint density at radius 2 is 2.33 bits per heavy atom. The fourth-order valence-electron chi connectivity index (χ4n) is 1.20. The van der Waals surface area contributed by atoms with E-state index in [0.717, 1.165) is 11.4 Å². The highest BCUT2D eigenvalue weighted by Gasteiger charge is 2.15. The van der Waals surface area contributed by atoms with Gasteiger partial charge in [-0.15, -0.1) is 0 Å². The fourth-order valence-corrected chi connectivity index (χ4v) is 1.20. The van der Waals surface area contributed by atoms with E-state index in [1.165, 1.54) is 5.01 Å². The molecule has 12 heavy (non-hydrogen) atoms. The Balaban J connectivity index is 2.52. The second-order valence-corrected chi connectivity index (χ2v) is 2.66. The first-order valence-electron chi connectivity index (χ1n) is 3.72. The molecule has 0 saturated carbocycles. The molecule has 4 heteroatoms. The average molecular weight is 162 g/mol. The molecule has 62 valence electrons. The minimum absolute atomic E-state index is 0.248. The maximum Gasteiger partial charge on any atom is 0.111 e. The zero-order valence-electron chi connectivity index (χ0n) is 6.51. The summed E-state index contributed by atoms with van der Waals surface area (Å²) in [5.41, 5.74) is 7.41. The van der Waals surface area contributed by atoms with Crippen LogP contribution in [-0.4, -0.2) is 11.1 Å². The van der Waals surface area contributed by atoms with Gasteiger partial charge in [-0.25, -0.2) is 5.84 Å². The molecular formula is C8H10N4. The quantitative estimate of drug-likeness (QED) is 0.530. The lowest BCUT2D eigenvalue weighted by molar-refractivity contribution is 0.732. The zero-order valence-corrected chi connectivity index (χ0v) is 6.51. The summed E-state index contributed by atoms with van der Waals surface area (Å²) in [6.45, 7) is 0. The first-order valence-corrected chi connectivity index (χ1v) is 3.72. The summed E-state index contributed by atoms with van der Waals surface area (Å²) in [7, 11) is 0. The van der Waals surface area contributed by atoms with Crippen molar-refractivity contribution >= 4 is 11.8 Å². The Hall–Kier alpha value is -1.39. The van der Waals surface area contributed by atoms with Crippen molar-refractivity contribution in [1.82, 2.24) is 4.98 Å². The Labute approximate surface area is 70.5 Å². The van der Waals surface area contributed by atoms with Crippen LogP contribution in [0.4, 0.5) is 5.69 Å². The summed E-state index contributed by atoms with van der Waals surface area (Å²) in [6.07, 6.45) is 5.17. The van der Waals surface area contributed by atoms with Gasteiger partial charge in [0.15, 0.2) is 0 Å². The number of rotatable bonds is 0. The lowest BCUT2D eigenvalue weighted by Crippen LogP contribution is -2.47. The number of nitrogens with two attached hydrogens (primary N) is 2. The number of hydrogen-bond donors (Lipinski definition) is 2. The molecule has 0 aliphatic carbocycles. The highest BCUT2D eigenvalue weighted by atomic mass is 15.5. The number of hydrazine groups is 1. The third-order valence-corrected chi connectivity index (χ3v) is 1.87. The monoisotopic (exact) mass is 162 g/mol. The highest BCUT2D eigenvalue weighted by Crippen LogP contribution is 2.21. The zero-order chi connectivity index (χ0) is 8.55. The molecular weight excluding hydrogens is 152 g/mol. The van der Waals surface area contributed by atoms with Crippen molar-refractivity contribution in [2.45, 2.75) is 6.17 Å². The molecule has 0 amide bonds. The van der Waals surface area contributed by atoms with Gasteiger partial charge in [0.05, 0.1) is 11.4 Å². The third kappa shape index (κ3) is 0.975. The molecule has 2 rings (SSSR count). The van der Waals surface area contributed by atoms with E-state index in [1.807, 2.05) is 24.3 Å². The number of aromatic nitrogens is 1. The highest BCUT2D eigenvalue weighted by molar-refractivity contribution is 5.68. The van der Waals surface area contributed by atoms with E-state index in [4.69, 9.17) is 11.6 Å². The minimum atomic E-state index is -0.248. The number of pyridine rings is 1. The van der Waals surface area contributed by atoms with Crippen LogP contribution in [-0.2, 0) is 0 Å². The molecule has 0 aromatic carbocycles. The van der Waals surface area contributed by atoms with Gasteiger partial charge in [-0.1, -0.05) is 0 Å². The average Bonchev–Trinajstić information content (AvgIpc) is 2.12. The summed E-state index contributed by atoms with van der Waals surface area (Å²) in [5.74, 6) is 5.71. The van der Waals surface area contributed by atoms with Crippen molar-refractivity contribution in [1.29, 1.82) is 0 Å². The van der Waals surface area contributed by atoms with Gasteiger partial charge < -0.3 is 5.73 Å². The molecule has 1 atom stereocenters. The Bertz CT molecular complexity index is 321. The van der Waals surface area contributed by atoms with Crippen molar-refractivity contribution in [2.24, 2.45) is 11.6 Å². The van der Waals surface area contributed by atoms with E-state index in [0.29, 0.717) is 0 Å². The molecule has 0 fully saturated rings. The summed E-state index contributed by atoms with van der Waals surface area (Å²) in [6, 6.07) is 3.73. The maximum absolute atomic E-state index is 5.71. The molecule has 1 aromatic rings. The predicted molar refractivity (Wildman–Crippen MR) is 47.9 cm³/mol. The Kier molecular flexibility index (Phi) is 1.56. The van der Waals surface area contributed by atoms with Crippen LogP contribution in [0.15, 0.2) is 24.4 Å². The van der Waals surface area contributed by atoms with Gasteiger partial charge in [0.25, 0.3) is 0 Å². The topological polar surface area (TPSA) is 68.2 Å². The minimum Gasteiger partial charge on any atom is -0.307 e. The lowest BCUT2D eigenvalue weighted by Gasteiger charge is -2.27. The number of fused-ring (bicyclic) bond motifs is 1. The van der Waals surface area contributed by atoms with Crippen LogP contribution in [0.5, 0.6) is 0 Å². The van der Waals surface area contributed by atoms with E-state index >= 15 is 0 Å². The molecule has 4 N–H and O–H groups in total. The van der Waals surface area contributed by atoms with Crippen molar-refractivity contribution in [3.05, 3.63) is 30.1 Å². The van der Waals surface area contributed by atoms with Crippen molar-refractivity contribution in [2.75, 3.05) is 5.01 Å². The van der Waals surface area contributed by atoms with Gasteiger partial charge in [-0.2, -0.15) is 0 Å². The first-order chi connectivity index (χ1) is 5.79. The molecule has 1 aliphatic rings. The van der Waals surface area contributed by atoms with Gasteiger partial charge in [0.2, 0.25) is 0 Å². The molecule has 1 aliphatic heterocycles. The van der Waals surface area contributed by atoms with Gasteiger partial charge >= 0.3 is 0 Å². The van der Waals surface area contributed by atoms with Crippen LogP contribution in [0.1, 0.15) is 5.69 Å². The molecule has 1 unspecified atom stereocenters. The third-order valence-electron chi connectivity index (χ3n) is 1.87. The fraction of sp³-hybridized carbons (Fsp3) is 0.125. The molecule has 0 saturated heterocycles. The number of anilines is 1. The molecule has 0 bridgehead atoms. The van der Waals surface area contributed by atoms with Crippen molar-refractivity contribution in [3.8, 4) is 0 Å². The van der Waals surface area contributed by atoms with E-state index in [9.17, 15) is 0 Å².